The number of rotatable bonds is 6. The number of halogens is 1. The van der Waals surface area contributed by atoms with Crippen LogP contribution in [0.3, 0.4) is 0 Å². The van der Waals surface area contributed by atoms with Crippen molar-refractivity contribution in [2.75, 3.05) is 6.61 Å². The highest BCUT2D eigenvalue weighted by atomic mass is 79.9. The van der Waals surface area contributed by atoms with Crippen LogP contribution in [0.25, 0.3) is 0 Å². The highest BCUT2D eigenvalue weighted by Crippen LogP contribution is 2.30. The lowest BCUT2D eigenvalue weighted by Gasteiger charge is -2.13. The van der Waals surface area contributed by atoms with Gasteiger partial charge in [-0.25, -0.2) is 0 Å². The van der Waals surface area contributed by atoms with Gasteiger partial charge < -0.3 is 10.1 Å². The van der Waals surface area contributed by atoms with Crippen LogP contribution in [0.5, 0.6) is 5.75 Å². The van der Waals surface area contributed by atoms with Crippen LogP contribution < -0.4 is 10.1 Å². The van der Waals surface area contributed by atoms with Crippen molar-refractivity contribution >= 4 is 15.9 Å². The van der Waals surface area contributed by atoms with Gasteiger partial charge in [-0.3, -0.25) is 0 Å². The van der Waals surface area contributed by atoms with Crippen molar-refractivity contribution in [1.29, 1.82) is 0 Å². The molecule has 0 aromatic heterocycles. The van der Waals surface area contributed by atoms with Gasteiger partial charge in [0.05, 0.1) is 11.1 Å². The standard InChI is InChI=1S/C13H18BrNO/c1-2-8-16-13-10(4-3-5-12(13)14)9-15-11-6-7-11/h3-5,11,15H,2,6-9H2,1H3. The zero-order valence-electron chi connectivity index (χ0n) is 9.63. The maximum Gasteiger partial charge on any atom is 0.137 e. The fourth-order valence-electron chi connectivity index (χ4n) is 1.60. The molecule has 1 aliphatic carbocycles. The second-order valence-electron chi connectivity index (χ2n) is 4.23. The first-order valence-corrected chi connectivity index (χ1v) is 6.74. The molecule has 2 rings (SSSR count). The molecule has 1 saturated carbocycles. The number of para-hydroxylation sites is 1. The average Bonchev–Trinajstić information content (AvgIpc) is 3.09. The minimum absolute atomic E-state index is 0.734. The van der Waals surface area contributed by atoms with Gasteiger partial charge in [0.2, 0.25) is 0 Å². The van der Waals surface area contributed by atoms with Crippen molar-refractivity contribution in [2.24, 2.45) is 0 Å². The average molecular weight is 284 g/mol. The van der Waals surface area contributed by atoms with Crippen LogP contribution in [0.2, 0.25) is 0 Å². The summed E-state index contributed by atoms with van der Waals surface area (Å²) in [5.41, 5.74) is 1.25. The summed E-state index contributed by atoms with van der Waals surface area (Å²) in [5.74, 6) is 0.998. The highest BCUT2D eigenvalue weighted by Gasteiger charge is 2.20. The monoisotopic (exact) mass is 283 g/mol. The molecular formula is C13H18BrNO. The fourth-order valence-corrected chi connectivity index (χ4v) is 2.12. The number of ether oxygens (including phenoxy) is 1. The van der Waals surface area contributed by atoms with E-state index in [1.807, 2.05) is 6.07 Å². The molecule has 1 aromatic carbocycles. The van der Waals surface area contributed by atoms with Crippen LogP contribution >= 0.6 is 15.9 Å². The van der Waals surface area contributed by atoms with Crippen LogP contribution in [0, 0.1) is 0 Å². The molecule has 0 spiro atoms. The number of hydrogen-bond donors (Lipinski definition) is 1. The molecule has 0 aliphatic heterocycles. The van der Waals surface area contributed by atoms with Crippen molar-refractivity contribution in [2.45, 2.75) is 38.8 Å². The zero-order valence-corrected chi connectivity index (χ0v) is 11.2. The van der Waals surface area contributed by atoms with Gasteiger partial charge in [-0.05, 0) is 41.3 Å². The largest absolute Gasteiger partial charge is 0.492 e. The quantitative estimate of drug-likeness (QED) is 0.863. The van der Waals surface area contributed by atoms with E-state index in [-0.39, 0.29) is 0 Å². The second-order valence-corrected chi connectivity index (χ2v) is 5.09. The van der Waals surface area contributed by atoms with Gasteiger partial charge in [0, 0.05) is 18.2 Å². The molecule has 0 atom stereocenters. The Kier molecular flexibility index (Phi) is 4.24. The van der Waals surface area contributed by atoms with Crippen molar-refractivity contribution in [3.63, 3.8) is 0 Å². The van der Waals surface area contributed by atoms with E-state index in [2.05, 4.69) is 40.3 Å². The highest BCUT2D eigenvalue weighted by molar-refractivity contribution is 9.10. The Labute approximate surface area is 106 Å². The van der Waals surface area contributed by atoms with Crippen molar-refractivity contribution in [3.05, 3.63) is 28.2 Å². The molecule has 88 valence electrons. The fraction of sp³-hybridized carbons (Fsp3) is 0.538. The van der Waals surface area contributed by atoms with Crippen LogP contribution in [0.1, 0.15) is 31.7 Å². The van der Waals surface area contributed by atoms with Gasteiger partial charge in [0.25, 0.3) is 0 Å². The molecule has 1 N–H and O–H groups in total. The van der Waals surface area contributed by atoms with E-state index in [9.17, 15) is 0 Å². The lowest BCUT2D eigenvalue weighted by molar-refractivity contribution is 0.311. The van der Waals surface area contributed by atoms with E-state index >= 15 is 0 Å². The van der Waals surface area contributed by atoms with Crippen molar-refractivity contribution in [1.82, 2.24) is 5.32 Å². The molecule has 0 heterocycles. The summed E-state index contributed by atoms with van der Waals surface area (Å²) in [6.45, 7) is 3.81. The summed E-state index contributed by atoms with van der Waals surface area (Å²) in [4.78, 5) is 0. The van der Waals surface area contributed by atoms with Gasteiger partial charge >= 0.3 is 0 Å². The van der Waals surface area contributed by atoms with Gasteiger partial charge in [0.1, 0.15) is 5.75 Å². The third-order valence-electron chi connectivity index (χ3n) is 2.66. The van der Waals surface area contributed by atoms with Gasteiger partial charge in [-0.15, -0.1) is 0 Å². The first kappa shape index (κ1) is 11.9. The molecule has 1 fully saturated rings. The van der Waals surface area contributed by atoms with Crippen LogP contribution in [-0.2, 0) is 6.54 Å². The van der Waals surface area contributed by atoms with Gasteiger partial charge in [0.15, 0.2) is 0 Å². The molecule has 0 amide bonds. The van der Waals surface area contributed by atoms with E-state index < -0.39 is 0 Å². The zero-order chi connectivity index (χ0) is 11.4. The molecule has 16 heavy (non-hydrogen) atoms. The molecule has 1 aromatic rings. The molecular weight excluding hydrogens is 266 g/mol. The summed E-state index contributed by atoms with van der Waals surface area (Å²) < 4.78 is 6.83. The Bertz CT molecular complexity index is 350. The lowest BCUT2D eigenvalue weighted by Crippen LogP contribution is -2.16. The molecule has 0 unspecified atom stereocenters. The van der Waals surface area contributed by atoms with E-state index in [4.69, 9.17) is 4.74 Å². The predicted molar refractivity (Wildman–Crippen MR) is 69.8 cm³/mol. The molecule has 0 saturated heterocycles. The first-order chi connectivity index (χ1) is 7.81. The summed E-state index contributed by atoms with van der Waals surface area (Å²) in [6.07, 6.45) is 3.68. The van der Waals surface area contributed by atoms with Gasteiger partial charge in [-0.1, -0.05) is 19.1 Å². The lowest BCUT2D eigenvalue weighted by atomic mass is 10.2. The summed E-state index contributed by atoms with van der Waals surface area (Å²) in [6, 6.07) is 6.96. The number of nitrogens with one attached hydrogen (secondary N) is 1. The topological polar surface area (TPSA) is 21.3 Å². The maximum absolute atomic E-state index is 5.78. The number of benzene rings is 1. The van der Waals surface area contributed by atoms with E-state index in [0.29, 0.717) is 0 Å². The minimum atomic E-state index is 0.734. The summed E-state index contributed by atoms with van der Waals surface area (Å²) in [5, 5.41) is 3.52. The second kappa shape index (κ2) is 5.69. The molecule has 3 heteroatoms. The number of hydrogen-bond acceptors (Lipinski definition) is 2. The van der Waals surface area contributed by atoms with Crippen LogP contribution in [0.15, 0.2) is 22.7 Å². The smallest absolute Gasteiger partial charge is 0.137 e. The minimum Gasteiger partial charge on any atom is -0.492 e. The Morgan fingerprint density at radius 3 is 2.94 bits per heavy atom. The molecule has 0 bridgehead atoms. The first-order valence-electron chi connectivity index (χ1n) is 5.95. The van der Waals surface area contributed by atoms with Crippen LogP contribution in [-0.4, -0.2) is 12.6 Å². The Morgan fingerprint density at radius 1 is 1.44 bits per heavy atom. The normalized spacial score (nSPS) is 15.1. The Balaban J connectivity index is 2.04. The van der Waals surface area contributed by atoms with Crippen molar-refractivity contribution in [3.8, 4) is 5.75 Å². The van der Waals surface area contributed by atoms with Gasteiger partial charge in [-0.2, -0.15) is 0 Å². The Morgan fingerprint density at radius 2 is 2.25 bits per heavy atom. The van der Waals surface area contributed by atoms with Crippen molar-refractivity contribution < 1.29 is 4.74 Å². The third-order valence-corrected chi connectivity index (χ3v) is 3.28. The maximum atomic E-state index is 5.78. The Hall–Kier alpha value is -0.540. The molecule has 2 nitrogen and oxygen atoms in total. The van der Waals surface area contributed by atoms with E-state index in [1.165, 1.54) is 18.4 Å². The van der Waals surface area contributed by atoms with E-state index in [1.54, 1.807) is 0 Å². The predicted octanol–water partition coefficient (Wildman–Crippen LogP) is 3.49. The SMILES string of the molecule is CCCOc1c(Br)cccc1CNC1CC1. The summed E-state index contributed by atoms with van der Waals surface area (Å²) in [7, 11) is 0. The van der Waals surface area contributed by atoms with Crippen LogP contribution in [0.4, 0.5) is 0 Å². The third kappa shape index (κ3) is 3.22. The summed E-state index contributed by atoms with van der Waals surface area (Å²) >= 11 is 3.55. The van der Waals surface area contributed by atoms with E-state index in [0.717, 1.165) is 35.8 Å². The molecule has 0 radical (unpaired) electrons. The molecule has 1 aliphatic rings.